The van der Waals surface area contributed by atoms with Gasteiger partial charge in [-0.05, 0) is 48.8 Å². The minimum Gasteiger partial charge on any atom is -0.496 e. The molecule has 0 radical (unpaired) electrons. The second-order valence-electron chi connectivity index (χ2n) is 13.8. The van der Waals surface area contributed by atoms with Crippen molar-refractivity contribution in [2.45, 2.75) is 98.9 Å². The number of benzene rings is 2. The number of hydrogen-bond donors (Lipinski definition) is 2. The maximum atomic E-state index is 14.6. The molecule has 1 aliphatic rings. The first kappa shape index (κ1) is 32.3. The Labute approximate surface area is 256 Å². The van der Waals surface area contributed by atoms with Gasteiger partial charge in [0.15, 0.2) is 0 Å². The van der Waals surface area contributed by atoms with Crippen LogP contribution in [0.1, 0.15) is 92.9 Å². The molecule has 1 aliphatic heterocycles. The molecule has 0 aliphatic carbocycles. The first-order valence-electron chi connectivity index (χ1n) is 15.2. The Hall–Kier alpha value is -3.65. The van der Waals surface area contributed by atoms with E-state index in [1.54, 1.807) is 16.7 Å². The van der Waals surface area contributed by atoms with E-state index in [0.717, 1.165) is 22.6 Å². The van der Waals surface area contributed by atoms with Crippen LogP contribution in [0.25, 0.3) is 0 Å². The quantitative estimate of drug-likeness (QED) is 0.321. The van der Waals surface area contributed by atoms with E-state index in [1.807, 2.05) is 57.2 Å². The molecule has 2 heterocycles. The highest BCUT2D eigenvalue weighted by atomic mass is 16.5. The van der Waals surface area contributed by atoms with Crippen molar-refractivity contribution >= 4 is 11.9 Å². The Balaban J connectivity index is 1.89. The van der Waals surface area contributed by atoms with Crippen molar-refractivity contribution in [1.82, 2.24) is 20.0 Å². The molecule has 0 bridgehead atoms. The zero-order chi connectivity index (χ0) is 31.9. The van der Waals surface area contributed by atoms with Crippen LogP contribution in [0, 0.1) is 25.2 Å². The van der Waals surface area contributed by atoms with Gasteiger partial charge < -0.3 is 20.1 Å². The van der Waals surface area contributed by atoms with Gasteiger partial charge in [-0.15, -0.1) is 0 Å². The fraction of sp³-hybridized carbons (Fsp3) is 0.514. The number of nitrogens with one attached hydrogen (secondary N) is 1. The zero-order valence-corrected chi connectivity index (χ0v) is 27.4. The lowest BCUT2D eigenvalue weighted by Crippen LogP contribution is -2.48. The molecule has 0 spiro atoms. The smallest absolute Gasteiger partial charge is 0.326 e. The second-order valence-corrected chi connectivity index (χ2v) is 13.8. The summed E-state index contributed by atoms with van der Waals surface area (Å²) in [6.45, 7) is 19.5. The molecule has 4 rings (SSSR count). The molecule has 1 saturated heterocycles. The van der Waals surface area contributed by atoms with E-state index in [9.17, 15) is 14.7 Å². The van der Waals surface area contributed by atoms with Crippen molar-refractivity contribution in [2.75, 3.05) is 7.11 Å². The highest BCUT2D eigenvalue weighted by molar-refractivity contribution is 5.99. The van der Waals surface area contributed by atoms with Crippen molar-refractivity contribution < 1.29 is 19.4 Å². The molecule has 8 nitrogen and oxygen atoms in total. The fourth-order valence-electron chi connectivity index (χ4n) is 6.76. The summed E-state index contributed by atoms with van der Waals surface area (Å²) < 4.78 is 7.54. The Kier molecular flexibility index (Phi) is 9.12. The minimum atomic E-state index is -1.05. The normalized spacial score (nSPS) is 20.8. The number of ether oxygens (including phenoxy) is 1. The molecule has 2 N–H and O–H groups in total. The van der Waals surface area contributed by atoms with Gasteiger partial charge in [0.2, 0.25) is 0 Å². The maximum Gasteiger partial charge on any atom is 0.326 e. The number of carboxylic acid groups (broad SMARTS) is 1. The third kappa shape index (κ3) is 6.21. The van der Waals surface area contributed by atoms with Crippen LogP contribution in [0.15, 0.2) is 48.5 Å². The van der Waals surface area contributed by atoms with E-state index >= 15 is 0 Å². The number of nitrogens with zero attached hydrogens (tertiary/aromatic N) is 3. The number of aliphatic carboxylic acids is 1. The van der Waals surface area contributed by atoms with Gasteiger partial charge in [-0.3, -0.25) is 9.48 Å². The number of likely N-dealkylation sites (tertiary alicyclic amines) is 1. The van der Waals surface area contributed by atoms with E-state index in [0.29, 0.717) is 24.3 Å². The lowest BCUT2D eigenvalue weighted by atomic mass is 9.72. The average molecular weight is 589 g/mol. The first-order valence-corrected chi connectivity index (χ1v) is 15.2. The number of carboxylic acids is 1. The van der Waals surface area contributed by atoms with Crippen molar-refractivity contribution in [3.63, 3.8) is 0 Å². The Bertz CT molecular complexity index is 1470. The molecule has 2 aromatic carbocycles. The first-order chi connectivity index (χ1) is 20.1. The predicted octanol–water partition coefficient (Wildman–Crippen LogP) is 6.30. The average Bonchev–Trinajstić information content (AvgIpc) is 3.45. The maximum absolute atomic E-state index is 14.6. The minimum absolute atomic E-state index is 0.0504. The summed E-state index contributed by atoms with van der Waals surface area (Å²) in [6.07, 6.45) is 0. The lowest BCUT2D eigenvalue weighted by Gasteiger charge is -2.35. The summed E-state index contributed by atoms with van der Waals surface area (Å²) in [6, 6.07) is 14.1. The van der Waals surface area contributed by atoms with Crippen LogP contribution in [0.3, 0.4) is 0 Å². The summed E-state index contributed by atoms with van der Waals surface area (Å²) in [5, 5.41) is 19.2. The Morgan fingerprint density at radius 2 is 1.67 bits per heavy atom. The number of amides is 1. The van der Waals surface area contributed by atoms with Crippen LogP contribution in [0.5, 0.6) is 5.75 Å². The molecule has 4 atom stereocenters. The number of carbonyl (C=O) groups is 2. The van der Waals surface area contributed by atoms with Gasteiger partial charge in [0.25, 0.3) is 5.91 Å². The predicted molar refractivity (Wildman–Crippen MR) is 169 cm³/mol. The van der Waals surface area contributed by atoms with Crippen molar-refractivity contribution in [3.8, 4) is 5.75 Å². The summed E-state index contributed by atoms with van der Waals surface area (Å²) in [7, 11) is 1.66. The van der Waals surface area contributed by atoms with Crippen LogP contribution in [-0.2, 0) is 23.3 Å². The van der Waals surface area contributed by atoms with E-state index in [-0.39, 0.29) is 17.4 Å². The van der Waals surface area contributed by atoms with E-state index < -0.39 is 29.4 Å². The van der Waals surface area contributed by atoms with Gasteiger partial charge in [0.05, 0.1) is 24.4 Å². The lowest BCUT2D eigenvalue weighted by molar-refractivity contribution is -0.144. The Morgan fingerprint density at radius 3 is 2.19 bits per heavy atom. The van der Waals surface area contributed by atoms with Crippen LogP contribution >= 0.6 is 0 Å². The summed E-state index contributed by atoms with van der Waals surface area (Å²) in [5.74, 6) is -0.952. The SMILES string of the molecule is CCn1nc(C)c(C(=O)N2[C@H](C(=O)O)[C@@H](C(C)(C)C)[C@H](NCc3cc(C(C)(C)C)ccc3OC)[C@@H]2c2ccccc2)c1C. The van der Waals surface area contributed by atoms with Crippen molar-refractivity contribution in [2.24, 2.45) is 11.3 Å². The topological polar surface area (TPSA) is 96.7 Å². The fourth-order valence-corrected chi connectivity index (χ4v) is 6.76. The van der Waals surface area contributed by atoms with Crippen LogP contribution < -0.4 is 10.1 Å². The summed E-state index contributed by atoms with van der Waals surface area (Å²) in [5.41, 5.74) is 4.38. The highest BCUT2D eigenvalue weighted by Gasteiger charge is 2.58. The number of aryl methyl sites for hydroxylation is 2. The molecule has 1 fully saturated rings. The summed E-state index contributed by atoms with van der Waals surface area (Å²) >= 11 is 0. The van der Waals surface area contributed by atoms with Gasteiger partial charge in [0.1, 0.15) is 11.8 Å². The second kappa shape index (κ2) is 12.2. The largest absolute Gasteiger partial charge is 0.496 e. The molecule has 43 heavy (non-hydrogen) atoms. The molecule has 3 aromatic rings. The number of hydrogen-bond acceptors (Lipinski definition) is 5. The monoisotopic (exact) mass is 588 g/mol. The number of aromatic nitrogens is 2. The van der Waals surface area contributed by atoms with Crippen LogP contribution in [0.4, 0.5) is 0 Å². The summed E-state index contributed by atoms with van der Waals surface area (Å²) in [4.78, 5) is 29.5. The van der Waals surface area contributed by atoms with Gasteiger partial charge in [-0.1, -0.05) is 84.0 Å². The number of rotatable bonds is 8. The molecular formula is C35H48N4O4. The molecule has 0 saturated carbocycles. The third-order valence-corrected chi connectivity index (χ3v) is 8.86. The van der Waals surface area contributed by atoms with Gasteiger partial charge in [-0.25, -0.2) is 4.79 Å². The molecule has 232 valence electrons. The van der Waals surface area contributed by atoms with Crippen LogP contribution in [0.2, 0.25) is 0 Å². The van der Waals surface area contributed by atoms with E-state index in [4.69, 9.17) is 4.74 Å². The van der Waals surface area contributed by atoms with Crippen molar-refractivity contribution in [1.29, 1.82) is 0 Å². The van der Waals surface area contributed by atoms with Crippen LogP contribution in [-0.4, -0.2) is 50.9 Å². The highest BCUT2D eigenvalue weighted by Crippen LogP contribution is 2.49. The van der Waals surface area contributed by atoms with Gasteiger partial charge in [0, 0.05) is 36.3 Å². The van der Waals surface area contributed by atoms with Gasteiger partial charge in [-0.2, -0.15) is 5.10 Å². The Morgan fingerprint density at radius 1 is 1.02 bits per heavy atom. The van der Waals surface area contributed by atoms with E-state index in [2.05, 4.69) is 64.1 Å². The van der Waals surface area contributed by atoms with Gasteiger partial charge >= 0.3 is 5.97 Å². The molecule has 8 heteroatoms. The third-order valence-electron chi connectivity index (χ3n) is 8.86. The number of carbonyl (C=O) groups excluding carboxylic acids is 1. The zero-order valence-electron chi connectivity index (χ0n) is 27.4. The standard InChI is InChI=1S/C35H48N4O4/c1-11-38-22(3)27(21(2)37-38)32(40)39-30(23-15-13-12-14-16-23)29(28(35(7,8)9)31(39)33(41)42)36-20-24-19-25(34(4,5)6)17-18-26(24)43-10/h12-19,28-31,36H,11,20H2,1-10H3,(H,41,42)/t28-,29-,30-,31-/m0/s1. The molecule has 0 unspecified atom stereocenters. The van der Waals surface area contributed by atoms with E-state index in [1.165, 1.54) is 5.56 Å². The molecule has 1 amide bonds. The molecule has 1 aromatic heterocycles. The molecular weight excluding hydrogens is 540 g/mol. The van der Waals surface area contributed by atoms with Crippen molar-refractivity contribution in [3.05, 3.63) is 82.2 Å². The number of methoxy groups -OCH3 is 1.